The highest BCUT2D eigenvalue weighted by molar-refractivity contribution is 6.15. The van der Waals surface area contributed by atoms with Crippen LogP contribution in [0.2, 0.25) is 0 Å². The molecule has 310 valence electrons. The average molecular weight is 818 g/mol. The third-order valence-corrected chi connectivity index (χ3v) is 14.2. The first kappa shape index (κ1) is 40.3. The van der Waals surface area contributed by atoms with Crippen LogP contribution in [-0.4, -0.2) is 4.57 Å². The summed E-state index contributed by atoms with van der Waals surface area (Å²) in [5.74, 6) is 0.550. The lowest BCUT2D eigenvalue weighted by Gasteiger charge is -2.24. The molecule has 0 radical (unpaired) electrons. The van der Waals surface area contributed by atoms with E-state index in [1.807, 2.05) is 0 Å². The minimum atomic E-state index is 0.137. The maximum absolute atomic E-state index is 2.63. The second-order valence-electron chi connectivity index (χ2n) is 18.3. The molecule has 0 saturated heterocycles. The highest BCUT2D eigenvalue weighted by atomic mass is 15.2. The fraction of sp³-hybridized carbons (Fsp3) is 0.197. The molecule has 0 saturated carbocycles. The van der Waals surface area contributed by atoms with E-state index in [1.165, 1.54) is 111 Å². The maximum Gasteiger partial charge on any atom is 0.255 e. The van der Waals surface area contributed by atoms with Crippen LogP contribution in [0.15, 0.2) is 176 Å². The number of rotatable bonds is 10. The van der Waals surface area contributed by atoms with E-state index < -0.39 is 0 Å². The minimum absolute atomic E-state index is 0.137. The largest absolute Gasteiger partial charge is 0.255 e. The molecule has 0 aliphatic heterocycles. The predicted molar refractivity (Wildman–Crippen MR) is 264 cm³/mol. The van der Waals surface area contributed by atoms with Gasteiger partial charge in [0.1, 0.15) is 11.4 Å². The van der Waals surface area contributed by atoms with Crippen molar-refractivity contribution >= 4 is 10.8 Å². The van der Waals surface area contributed by atoms with Crippen LogP contribution >= 0.6 is 0 Å². The van der Waals surface area contributed by atoms with Gasteiger partial charge in [0, 0.05) is 62.4 Å². The Morgan fingerprint density at radius 2 is 0.778 bits per heavy atom. The molecule has 0 bridgehead atoms. The number of hydrogen-bond donors (Lipinski definition) is 0. The maximum atomic E-state index is 2.63. The Morgan fingerprint density at radius 3 is 1.19 bits per heavy atom. The third kappa shape index (κ3) is 6.84. The highest BCUT2D eigenvalue weighted by Crippen LogP contribution is 2.52. The molecule has 0 fully saturated rings. The van der Waals surface area contributed by atoms with Crippen molar-refractivity contribution in [3.05, 3.63) is 243 Å². The van der Waals surface area contributed by atoms with Crippen LogP contribution in [0.3, 0.4) is 0 Å². The molecule has 1 aromatic heterocycles. The minimum Gasteiger partial charge on any atom is -0.193 e. The molecule has 8 aromatic carbocycles. The van der Waals surface area contributed by atoms with Crippen LogP contribution < -0.4 is 4.57 Å². The Morgan fingerprint density at radius 1 is 0.413 bits per heavy atom. The zero-order valence-electron chi connectivity index (χ0n) is 37.9. The fourth-order valence-electron chi connectivity index (χ4n) is 10.7. The molecule has 63 heavy (non-hydrogen) atoms. The summed E-state index contributed by atoms with van der Waals surface area (Å²) >= 11 is 0. The van der Waals surface area contributed by atoms with Gasteiger partial charge in [-0.05, 0) is 66.5 Å². The SMILES string of the molecule is Cc1cc(C(C)c2ccccc2)c(-n2c[n+](-c3c(C(C)c4ccccc4)cc(C)cc3C(C)c3ccccc3)c3c2-c2c(C)ccc4ccc(C)c-3c24)c(C(C)c2ccccc2)c1. The van der Waals surface area contributed by atoms with Gasteiger partial charge in [0.05, 0.1) is 0 Å². The van der Waals surface area contributed by atoms with Crippen LogP contribution in [0, 0.1) is 27.7 Å². The first-order valence-electron chi connectivity index (χ1n) is 22.8. The molecule has 4 atom stereocenters. The molecule has 4 unspecified atom stereocenters. The quantitative estimate of drug-likeness (QED) is 0.122. The molecule has 1 aliphatic rings. The summed E-state index contributed by atoms with van der Waals surface area (Å²) in [5, 5.41) is 2.64. The van der Waals surface area contributed by atoms with Gasteiger partial charge in [-0.2, -0.15) is 9.13 Å². The second kappa shape index (κ2) is 16.2. The van der Waals surface area contributed by atoms with Gasteiger partial charge in [-0.25, -0.2) is 0 Å². The number of nitrogens with zero attached hydrogens (tertiary/aromatic N) is 2. The lowest BCUT2D eigenvalue weighted by molar-refractivity contribution is -0.584. The molecule has 2 nitrogen and oxygen atoms in total. The van der Waals surface area contributed by atoms with Crippen LogP contribution in [0.4, 0.5) is 0 Å². The van der Waals surface area contributed by atoms with E-state index in [0.29, 0.717) is 0 Å². The van der Waals surface area contributed by atoms with Crippen LogP contribution in [0.25, 0.3) is 44.7 Å². The second-order valence-corrected chi connectivity index (χ2v) is 18.3. The van der Waals surface area contributed by atoms with Gasteiger partial charge in [0.15, 0.2) is 11.4 Å². The van der Waals surface area contributed by atoms with Crippen molar-refractivity contribution in [2.45, 2.75) is 79.1 Å². The number of benzene rings is 8. The Balaban J connectivity index is 1.38. The Labute approximate surface area is 374 Å². The van der Waals surface area contributed by atoms with E-state index in [0.717, 1.165) is 0 Å². The number of aromatic nitrogens is 2. The van der Waals surface area contributed by atoms with Crippen molar-refractivity contribution in [2.75, 3.05) is 0 Å². The summed E-state index contributed by atoms with van der Waals surface area (Å²) < 4.78 is 5.26. The summed E-state index contributed by atoms with van der Waals surface area (Å²) in [4.78, 5) is 0. The highest BCUT2D eigenvalue weighted by Gasteiger charge is 2.42. The molecule has 1 aliphatic carbocycles. The van der Waals surface area contributed by atoms with Gasteiger partial charge >= 0.3 is 0 Å². The predicted octanol–water partition coefficient (Wildman–Crippen LogP) is 15.4. The Kier molecular flexibility index (Phi) is 10.3. The summed E-state index contributed by atoms with van der Waals surface area (Å²) in [6.45, 7) is 18.8. The number of hydrogen-bond acceptors (Lipinski definition) is 0. The van der Waals surface area contributed by atoms with Gasteiger partial charge in [-0.1, -0.05) is 209 Å². The number of aryl methyl sites for hydroxylation is 4. The van der Waals surface area contributed by atoms with Crippen molar-refractivity contribution in [1.29, 1.82) is 0 Å². The van der Waals surface area contributed by atoms with Crippen LogP contribution in [0.5, 0.6) is 0 Å². The third-order valence-electron chi connectivity index (χ3n) is 14.2. The average Bonchev–Trinajstić information content (AvgIpc) is 3.88. The van der Waals surface area contributed by atoms with Crippen LogP contribution in [-0.2, 0) is 0 Å². The van der Waals surface area contributed by atoms with Gasteiger partial charge in [0.2, 0.25) is 0 Å². The normalized spacial score (nSPS) is 13.8. The molecule has 0 amide bonds. The van der Waals surface area contributed by atoms with E-state index in [9.17, 15) is 0 Å². The summed E-state index contributed by atoms with van der Waals surface area (Å²) in [6.07, 6.45) is 2.48. The van der Waals surface area contributed by atoms with Crippen molar-refractivity contribution in [3.63, 3.8) is 0 Å². The topological polar surface area (TPSA) is 8.81 Å². The monoisotopic (exact) mass is 817 g/mol. The molecule has 1 heterocycles. The van der Waals surface area contributed by atoms with E-state index in [1.54, 1.807) is 0 Å². The van der Waals surface area contributed by atoms with E-state index in [2.05, 4.69) is 241 Å². The van der Waals surface area contributed by atoms with Gasteiger partial charge in [-0.15, -0.1) is 0 Å². The van der Waals surface area contributed by atoms with E-state index in [4.69, 9.17) is 0 Å². The van der Waals surface area contributed by atoms with Crippen molar-refractivity contribution in [3.8, 4) is 33.9 Å². The number of fused-ring (bicyclic) bond motifs is 3. The zero-order chi connectivity index (χ0) is 43.5. The van der Waals surface area contributed by atoms with Gasteiger partial charge in [-0.3, -0.25) is 0 Å². The van der Waals surface area contributed by atoms with Crippen molar-refractivity contribution < 1.29 is 4.57 Å². The molecular weight excluding hydrogens is 761 g/mol. The molecule has 9 aromatic rings. The first-order valence-corrected chi connectivity index (χ1v) is 22.8. The lowest BCUT2D eigenvalue weighted by Crippen LogP contribution is -2.35. The Hall–Kier alpha value is -6.77. The van der Waals surface area contributed by atoms with E-state index >= 15 is 0 Å². The first-order chi connectivity index (χ1) is 30.6. The van der Waals surface area contributed by atoms with E-state index in [-0.39, 0.29) is 23.7 Å². The fourth-order valence-corrected chi connectivity index (χ4v) is 10.7. The molecule has 0 spiro atoms. The molecule has 10 rings (SSSR count). The van der Waals surface area contributed by atoms with Crippen molar-refractivity contribution in [2.24, 2.45) is 0 Å². The Bertz CT molecular complexity index is 2800. The lowest BCUT2D eigenvalue weighted by atomic mass is 9.83. The van der Waals surface area contributed by atoms with Gasteiger partial charge < -0.3 is 0 Å². The molecular formula is C61H57N2+. The summed E-state index contributed by atoms with van der Waals surface area (Å²) in [5.41, 5.74) is 23.5. The van der Waals surface area contributed by atoms with Gasteiger partial charge in [0.25, 0.3) is 6.33 Å². The van der Waals surface area contributed by atoms with Crippen LogP contribution in [0.1, 0.15) is 118 Å². The summed E-state index contributed by atoms with van der Waals surface area (Å²) in [6, 6.07) is 63.5. The molecule has 2 heteroatoms. The number of imidazole rings is 1. The van der Waals surface area contributed by atoms with Crippen molar-refractivity contribution in [1.82, 2.24) is 4.57 Å². The summed E-state index contributed by atoms with van der Waals surface area (Å²) in [7, 11) is 0. The standard InChI is InChI=1S/C61H57N2/c1-38-33-51(42(5)46-21-13-9-14-22-46)58(52(34-38)43(6)47-23-15-10-16-24-47)62-37-63(61-56-41(4)30-32-50-31-29-40(3)55(57(50)56)60(61)62)59-53(44(7)48-25-17-11-18-26-48)35-39(2)36-54(59)45(8)49-27-19-12-20-28-49/h9-37,42-45H,1-8H3/q+1. The zero-order valence-corrected chi connectivity index (χ0v) is 37.9. The smallest absolute Gasteiger partial charge is 0.193 e. The molecule has 0 N–H and O–H groups in total.